The minimum Gasteiger partial charge on any atom is -0.495 e. The van der Waals surface area contributed by atoms with E-state index in [2.05, 4.69) is 21.2 Å². The summed E-state index contributed by atoms with van der Waals surface area (Å²) in [5.74, 6) is -1.66. The van der Waals surface area contributed by atoms with Crippen LogP contribution in [0.2, 0.25) is 0 Å². The van der Waals surface area contributed by atoms with Gasteiger partial charge in [0.05, 0.1) is 43.1 Å². The molecule has 2 aliphatic rings. The number of rotatable bonds is 16. The number of nitrogens with zero attached hydrogens (tertiary/aromatic N) is 2. The van der Waals surface area contributed by atoms with Crippen LogP contribution in [0.25, 0.3) is 0 Å². The van der Waals surface area contributed by atoms with Crippen molar-refractivity contribution in [2.45, 2.75) is 45.6 Å². The lowest BCUT2D eigenvalue weighted by Crippen LogP contribution is -2.46. The van der Waals surface area contributed by atoms with E-state index < -0.39 is 24.5 Å². The van der Waals surface area contributed by atoms with Crippen molar-refractivity contribution in [2.24, 2.45) is 0 Å². The number of hydrogen-bond acceptors (Lipinski definition) is 10. The van der Waals surface area contributed by atoms with Crippen LogP contribution in [0, 0.1) is 0 Å². The first kappa shape index (κ1) is 35.7. The average molecular weight is 658 g/mol. The van der Waals surface area contributed by atoms with Crippen molar-refractivity contribution in [1.82, 2.24) is 10.2 Å². The van der Waals surface area contributed by atoms with Crippen molar-refractivity contribution >= 4 is 17.6 Å². The molecule has 256 valence electrons. The summed E-state index contributed by atoms with van der Waals surface area (Å²) < 4.78 is 53.7. The van der Waals surface area contributed by atoms with E-state index in [9.17, 15) is 18.4 Å². The molecule has 1 saturated heterocycles. The normalized spacial score (nSPS) is 17.1. The van der Waals surface area contributed by atoms with Gasteiger partial charge in [-0.3, -0.25) is 4.90 Å². The average Bonchev–Trinajstić information content (AvgIpc) is 3.09. The highest BCUT2D eigenvalue weighted by molar-refractivity contribution is 6.00. The van der Waals surface area contributed by atoms with Gasteiger partial charge < -0.3 is 33.9 Å². The minimum atomic E-state index is -3.11. The molecule has 0 bridgehead atoms. The number of anilines is 1. The lowest BCUT2D eigenvalue weighted by atomic mass is 9.79. The molecule has 1 fully saturated rings. The van der Waals surface area contributed by atoms with E-state index in [1.165, 1.54) is 13.2 Å². The zero-order chi connectivity index (χ0) is 33.8. The number of para-hydroxylation sites is 3. The Kier molecular flexibility index (Phi) is 13.4. The number of dihydropyridines is 1. The van der Waals surface area contributed by atoms with Crippen LogP contribution in [0.5, 0.6) is 11.5 Å². The molecular formula is C35H45F2N3O7. The lowest BCUT2D eigenvalue weighted by molar-refractivity contribution is -0.141. The van der Waals surface area contributed by atoms with E-state index >= 15 is 0 Å². The zero-order valence-electron chi connectivity index (χ0n) is 27.6. The van der Waals surface area contributed by atoms with Crippen LogP contribution >= 0.6 is 0 Å². The van der Waals surface area contributed by atoms with Crippen molar-refractivity contribution in [3.63, 3.8) is 0 Å². The molecule has 2 heterocycles. The summed E-state index contributed by atoms with van der Waals surface area (Å²) in [5, 5.41) is 3.25. The van der Waals surface area contributed by atoms with Gasteiger partial charge in [0.15, 0.2) is 0 Å². The second kappa shape index (κ2) is 17.7. The minimum absolute atomic E-state index is 0.0188. The lowest BCUT2D eigenvalue weighted by Gasteiger charge is -2.36. The van der Waals surface area contributed by atoms with Gasteiger partial charge in [0.1, 0.15) is 18.1 Å². The van der Waals surface area contributed by atoms with E-state index in [4.69, 9.17) is 23.7 Å². The summed E-state index contributed by atoms with van der Waals surface area (Å²) >= 11 is 0. The first-order valence-corrected chi connectivity index (χ1v) is 16.0. The fraction of sp³-hybridized carbons (Fsp3) is 0.486. The fourth-order valence-corrected chi connectivity index (χ4v) is 6.01. The molecule has 0 amide bonds. The number of esters is 2. The first-order chi connectivity index (χ1) is 22.8. The van der Waals surface area contributed by atoms with Crippen molar-refractivity contribution in [3.05, 3.63) is 76.6 Å². The van der Waals surface area contributed by atoms with Gasteiger partial charge >= 0.3 is 18.6 Å². The standard InChI is InChI=1S/C35H45F2N3O7/c1-5-25-31(33(41)45-21-11-16-39-17-19-40(20-18-39)27-13-8-10-15-29(27)44-4)30(24-12-7-9-14-28(24)47-35(36)37)32(26(6-2)38-25)34(42)46-23-22-43-3/h7-10,12-15,30,35,38H,5-6,11,16-23H2,1-4H3. The van der Waals surface area contributed by atoms with Gasteiger partial charge in [-0.05, 0) is 37.5 Å². The zero-order valence-corrected chi connectivity index (χ0v) is 27.6. The van der Waals surface area contributed by atoms with Gasteiger partial charge in [-0.1, -0.05) is 44.2 Å². The third kappa shape index (κ3) is 9.01. The Morgan fingerprint density at radius 1 is 0.830 bits per heavy atom. The van der Waals surface area contributed by atoms with Crippen LogP contribution in [0.3, 0.4) is 0 Å². The Labute approximate surface area is 275 Å². The number of nitrogens with one attached hydrogen (secondary N) is 1. The Morgan fingerprint density at radius 3 is 2.02 bits per heavy atom. The second-order valence-corrected chi connectivity index (χ2v) is 11.1. The van der Waals surface area contributed by atoms with Crippen LogP contribution in [0.1, 0.15) is 44.6 Å². The number of carbonyl (C=O) groups is 2. The molecule has 4 rings (SSSR count). The molecule has 2 aromatic rings. The maximum absolute atomic E-state index is 13.9. The monoisotopic (exact) mass is 657 g/mol. The highest BCUT2D eigenvalue weighted by atomic mass is 19.3. The summed E-state index contributed by atoms with van der Waals surface area (Å²) in [5.41, 5.74) is 2.70. The van der Waals surface area contributed by atoms with Crippen molar-refractivity contribution in [3.8, 4) is 11.5 Å². The second-order valence-electron chi connectivity index (χ2n) is 11.1. The van der Waals surface area contributed by atoms with Crippen LogP contribution in [-0.4, -0.2) is 90.2 Å². The predicted octanol–water partition coefficient (Wildman–Crippen LogP) is 5.26. The van der Waals surface area contributed by atoms with Gasteiger partial charge in [0.25, 0.3) is 0 Å². The van der Waals surface area contributed by atoms with Gasteiger partial charge in [-0.15, -0.1) is 0 Å². The smallest absolute Gasteiger partial charge is 0.387 e. The van der Waals surface area contributed by atoms with Gasteiger partial charge in [-0.25, -0.2) is 9.59 Å². The van der Waals surface area contributed by atoms with E-state index in [1.54, 1.807) is 25.3 Å². The van der Waals surface area contributed by atoms with Crippen LogP contribution in [-0.2, 0) is 23.8 Å². The number of allylic oxidation sites excluding steroid dienone is 2. The molecule has 1 unspecified atom stereocenters. The maximum Gasteiger partial charge on any atom is 0.387 e. The SMILES string of the molecule is CCC1=C(C(=O)OCCCN2CCN(c3ccccc3OC)CC2)C(c2ccccc2OC(F)F)C(C(=O)OCCOC)=C(CC)N1. The van der Waals surface area contributed by atoms with E-state index in [-0.39, 0.29) is 42.3 Å². The molecule has 0 spiro atoms. The number of methoxy groups -OCH3 is 2. The molecule has 0 aliphatic carbocycles. The molecule has 1 N–H and O–H groups in total. The quantitative estimate of drug-likeness (QED) is 0.190. The van der Waals surface area contributed by atoms with Crippen LogP contribution in [0.4, 0.5) is 14.5 Å². The summed E-state index contributed by atoms with van der Waals surface area (Å²) in [6.45, 7) is 5.04. The number of carbonyl (C=O) groups excluding carboxylic acids is 2. The Bertz CT molecular complexity index is 1420. The Balaban J connectivity index is 1.50. The largest absolute Gasteiger partial charge is 0.495 e. The fourth-order valence-electron chi connectivity index (χ4n) is 6.01. The summed E-state index contributed by atoms with van der Waals surface area (Å²) in [6.07, 6.45) is 1.41. The Hall–Kier alpha value is -4.16. The predicted molar refractivity (Wildman–Crippen MR) is 174 cm³/mol. The molecule has 1 atom stereocenters. The van der Waals surface area contributed by atoms with Gasteiger partial charge in [0, 0.05) is 56.8 Å². The molecule has 47 heavy (non-hydrogen) atoms. The molecule has 12 heteroatoms. The number of piperazine rings is 1. The third-order valence-electron chi connectivity index (χ3n) is 8.29. The molecule has 0 aromatic heterocycles. The molecular weight excluding hydrogens is 612 g/mol. The summed E-state index contributed by atoms with van der Waals surface area (Å²) in [6, 6.07) is 14.1. The van der Waals surface area contributed by atoms with E-state index in [0.717, 1.165) is 44.2 Å². The molecule has 2 aromatic carbocycles. The maximum atomic E-state index is 13.9. The van der Waals surface area contributed by atoms with Crippen LogP contribution < -0.4 is 19.7 Å². The molecule has 10 nitrogen and oxygen atoms in total. The van der Waals surface area contributed by atoms with E-state index in [1.807, 2.05) is 32.0 Å². The summed E-state index contributed by atoms with van der Waals surface area (Å²) in [7, 11) is 3.16. The summed E-state index contributed by atoms with van der Waals surface area (Å²) in [4.78, 5) is 32.1. The number of alkyl halides is 2. The number of hydrogen-bond donors (Lipinski definition) is 1. The van der Waals surface area contributed by atoms with Gasteiger partial charge in [0.2, 0.25) is 0 Å². The number of benzene rings is 2. The highest BCUT2D eigenvalue weighted by Crippen LogP contribution is 2.44. The third-order valence-corrected chi connectivity index (χ3v) is 8.29. The molecule has 0 radical (unpaired) electrons. The first-order valence-electron chi connectivity index (χ1n) is 16.0. The van der Waals surface area contributed by atoms with Gasteiger partial charge in [-0.2, -0.15) is 8.78 Å². The van der Waals surface area contributed by atoms with Crippen molar-refractivity contribution < 1.29 is 42.1 Å². The van der Waals surface area contributed by atoms with Crippen molar-refractivity contribution in [2.75, 3.05) is 71.7 Å². The Morgan fingerprint density at radius 2 is 1.43 bits per heavy atom. The van der Waals surface area contributed by atoms with E-state index in [0.29, 0.717) is 30.7 Å². The highest BCUT2D eigenvalue weighted by Gasteiger charge is 2.40. The van der Waals surface area contributed by atoms with Crippen molar-refractivity contribution in [1.29, 1.82) is 0 Å². The topological polar surface area (TPSA) is 98.8 Å². The number of ether oxygens (including phenoxy) is 5. The molecule has 0 saturated carbocycles. The number of halogens is 2. The van der Waals surface area contributed by atoms with Crippen LogP contribution in [0.15, 0.2) is 71.1 Å². The molecule has 2 aliphatic heterocycles.